The maximum Gasteiger partial charge on any atom is 0.328 e. The average Bonchev–Trinajstić information content (AvgIpc) is 2.15. The summed E-state index contributed by atoms with van der Waals surface area (Å²) in [4.78, 5) is 23.0. The molecule has 0 aliphatic heterocycles. The van der Waals surface area contributed by atoms with E-state index in [0.29, 0.717) is 0 Å². The van der Waals surface area contributed by atoms with E-state index >= 15 is 0 Å². The van der Waals surface area contributed by atoms with Crippen LogP contribution < -0.4 is 5.32 Å². The van der Waals surface area contributed by atoms with Crippen molar-refractivity contribution in [1.29, 1.82) is 0 Å². The number of ether oxygens (including phenoxy) is 1. The molecule has 0 bridgehead atoms. The molecule has 1 amide bonds. The predicted molar refractivity (Wildman–Crippen MR) is 63.2 cm³/mol. The van der Waals surface area contributed by atoms with E-state index in [4.69, 9.17) is 4.74 Å². The first kappa shape index (κ1) is 15.9. The molecule has 0 saturated heterocycles. The Balaban J connectivity index is 4.72. The van der Waals surface area contributed by atoms with Crippen LogP contribution in [0.25, 0.3) is 0 Å². The number of carbonyl (C=O) groups excluding carboxylic acids is 2. The number of sulfone groups is 1. The molecule has 0 radical (unpaired) electrons. The van der Waals surface area contributed by atoms with E-state index in [-0.39, 0.29) is 6.61 Å². The highest BCUT2D eigenvalue weighted by Crippen LogP contribution is 2.15. The molecule has 0 spiro atoms. The van der Waals surface area contributed by atoms with E-state index in [9.17, 15) is 18.0 Å². The van der Waals surface area contributed by atoms with Gasteiger partial charge < -0.3 is 10.1 Å². The molecular formula is C10H19NO5S. The quantitative estimate of drug-likeness (QED) is 0.700. The van der Waals surface area contributed by atoms with Gasteiger partial charge in [0.25, 0.3) is 0 Å². The highest BCUT2D eigenvalue weighted by molar-refractivity contribution is 7.92. The monoisotopic (exact) mass is 265 g/mol. The van der Waals surface area contributed by atoms with Gasteiger partial charge in [0.15, 0.2) is 9.84 Å². The third-order valence-electron chi connectivity index (χ3n) is 2.46. The Morgan fingerprint density at radius 1 is 1.35 bits per heavy atom. The van der Waals surface area contributed by atoms with Gasteiger partial charge >= 0.3 is 5.97 Å². The Bertz CT molecular complexity index is 399. The smallest absolute Gasteiger partial charge is 0.328 e. The van der Waals surface area contributed by atoms with Crippen molar-refractivity contribution in [3.8, 4) is 0 Å². The van der Waals surface area contributed by atoms with E-state index in [1.165, 1.54) is 20.8 Å². The number of hydrogen-bond donors (Lipinski definition) is 1. The summed E-state index contributed by atoms with van der Waals surface area (Å²) in [5, 5.41) is 2.32. The summed E-state index contributed by atoms with van der Waals surface area (Å²) in [6, 6.07) is -0.872. The molecule has 1 atom stereocenters. The predicted octanol–water partition coefficient (Wildman–Crippen LogP) is -0.123. The molecule has 0 saturated carbocycles. The van der Waals surface area contributed by atoms with Crippen LogP contribution in [0.15, 0.2) is 0 Å². The molecule has 17 heavy (non-hydrogen) atoms. The van der Waals surface area contributed by atoms with Gasteiger partial charge in [-0.25, -0.2) is 13.2 Å². The minimum Gasteiger partial charge on any atom is -0.464 e. The van der Waals surface area contributed by atoms with Crippen molar-refractivity contribution < 1.29 is 22.7 Å². The second kappa shape index (κ2) is 5.48. The molecule has 1 N–H and O–H groups in total. The molecule has 0 aliphatic rings. The fraction of sp³-hybridized carbons (Fsp3) is 0.800. The van der Waals surface area contributed by atoms with E-state index in [2.05, 4.69) is 5.32 Å². The van der Waals surface area contributed by atoms with Crippen molar-refractivity contribution in [3.05, 3.63) is 0 Å². The van der Waals surface area contributed by atoms with Crippen molar-refractivity contribution in [1.82, 2.24) is 5.32 Å². The molecule has 0 rings (SSSR count). The first-order chi connectivity index (χ1) is 7.54. The Morgan fingerprint density at radius 2 is 1.82 bits per heavy atom. The summed E-state index contributed by atoms with van der Waals surface area (Å²) >= 11 is 0. The summed E-state index contributed by atoms with van der Waals surface area (Å²) in [6.45, 7) is 5.86. The molecule has 6 nitrogen and oxygen atoms in total. The van der Waals surface area contributed by atoms with E-state index in [1.54, 1.807) is 6.92 Å². The van der Waals surface area contributed by atoms with Crippen LogP contribution in [0.5, 0.6) is 0 Å². The van der Waals surface area contributed by atoms with Gasteiger partial charge in [0.1, 0.15) is 10.8 Å². The Hall–Kier alpha value is -1.11. The standard InChI is InChI=1S/C10H19NO5S/c1-6-16-8(12)7(2)11-9(13)10(3,4)17(5,14)15/h7H,6H2,1-5H3,(H,11,13). The van der Waals surface area contributed by atoms with Crippen LogP contribution in [0.1, 0.15) is 27.7 Å². The number of carbonyl (C=O) groups is 2. The average molecular weight is 265 g/mol. The van der Waals surface area contributed by atoms with Crippen molar-refractivity contribution >= 4 is 21.7 Å². The lowest BCUT2D eigenvalue weighted by molar-refractivity contribution is -0.147. The van der Waals surface area contributed by atoms with Crippen LogP contribution in [0.3, 0.4) is 0 Å². The molecule has 0 aromatic carbocycles. The third kappa shape index (κ3) is 3.99. The number of amides is 1. The lowest BCUT2D eigenvalue weighted by atomic mass is 10.2. The first-order valence-electron chi connectivity index (χ1n) is 5.21. The highest BCUT2D eigenvalue weighted by Gasteiger charge is 2.39. The number of nitrogens with one attached hydrogen (secondary N) is 1. The lowest BCUT2D eigenvalue weighted by Crippen LogP contribution is -2.52. The highest BCUT2D eigenvalue weighted by atomic mass is 32.2. The van der Waals surface area contributed by atoms with Gasteiger partial charge in [0.05, 0.1) is 6.61 Å². The number of esters is 1. The van der Waals surface area contributed by atoms with Crippen LogP contribution in [-0.4, -0.2) is 43.9 Å². The van der Waals surface area contributed by atoms with Crippen LogP contribution in [0, 0.1) is 0 Å². The summed E-state index contributed by atoms with van der Waals surface area (Å²) < 4.78 is 25.9. The fourth-order valence-corrected chi connectivity index (χ4v) is 1.26. The molecule has 0 fully saturated rings. The SMILES string of the molecule is CCOC(=O)C(C)NC(=O)C(C)(C)S(C)(=O)=O. The van der Waals surface area contributed by atoms with Gasteiger partial charge in [-0.05, 0) is 27.7 Å². The maximum atomic E-state index is 11.7. The minimum absolute atomic E-state index is 0.203. The molecular weight excluding hydrogens is 246 g/mol. The largest absolute Gasteiger partial charge is 0.464 e. The number of rotatable bonds is 5. The number of hydrogen-bond acceptors (Lipinski definition) is 5. The lowest BCUT2D eigenvalue weighted by Gasteiger charge is -2.23. The van der Waals surface area contributed by atoms with Gasteiger partial charge in [0, 0.05) is 6.26 Å². The minimum atomic E-state index is -3.55. The van der Waals surface area contributed by atoms with Crippen molar-refractivity contribution in [2.24, 2.45) is 0 Å². The van der Waals surface area contributed by atoms with E-state index < -0.39 is 32.5 Å². The molecule has 0 heterocycles. The second-order valence-corrected chi connectivity index (χ2v) is 6.79. The van der Waals surface area contributed by atoms with E-state index in [1.807, 2.05) is 0 Å². The van der Waals surface area contributed by atoms with Crippen LogP contribution in [-0.2, 0) is 24.2 Å². The zero-order chi connectivity index (χ0) is 13.9. The summed E-state index contributed by atoms with van der Waals surface area (Å²) in [7, 11) is -3.55. The van der Waals surface area contributed by atoms with Crippen molar-refractivity contribution in [2.45, 2.75) is 38.5 Å². The Kier molecular flexibility index (Phi) is 5.12. The van der Waals surface area contributed by atoms with Crippen LogP contribution >= 0.6 is 0 Å². The first-order valence-corrected chi connectivity index (χ1v) is 7.10. The molecule has 7 heteroatoms. The molecule has 0 aromatic heterocycles. The van der Waals surface area contributed by atoms with Crippen LogP contribution in [0.4, 0.5) is 0 Å². The van der Waals surface area contributed by atoms with E-state index in [0.717, 1.165) is 6.26 Å². The molecule has 100 valence electrons. The second-order valence-electron chi connectivity index (χ2n) is 4.23. The molecule has 0 aliphatic carbocycles. The molecule has 0 aromatic rings. The van der Waals surface area contributed by atoms with Gasteiger partial charge in [-0.2, -0.15) is 0 Å². The normalized spacial score (nSPS) is 13.9. The zero-order valence-corrected chi connectivity index (χ0v) is 11.6. The van der Waals surface area contributed by atoms with Crippen LogP contribution in [0.2, 0.25) is 0 Å². The zero-order valence-electron chi connectivity index (χ0n) is 10.7. The van der Waals surface area contributed by atoms with Crippen molar-refractivity contribution in [3.63, 3.8) is 0 Å². The summed E-state index contributed by atoms with van der Waals surface area (Å²) in [5.41, 5.74) is 0. The topological polar surface area (TPSA) is 89.5 Å². The van der Waals surface area contributed by atoms with Gasteiger partial charge in [-0.1, -0.05) is 0 Å². The molecule has 1 unspecified atom stereocenters. The Labute approximate surface area is 102 Å². The maximum absolute atomic E-state index is 11.7. The Morgan fingerprint density at radius 3 is 2.18 bits per heavy atom. The fourth-order valence-electron chi connectivity index (χ4n) is 0.865. The summed E-state index contributed by atoms with van der Waals surface area (Å²) in [5.74, 6) is -1.31. The van der Waals surface area contributed by atoms with Gasteiger partial charge in [0.2, 0.25) is 5.91 Å². The van der Waals surface area contributed by atoms with Gasteiger partial charge in [-0.3, -0.25) is 4.79 Å². The third-order valence-corrected chi connectivity index (χ3v) is 4.50. The summed E-state index contributed by atoms with van der Waals surface area (Å²) in [6.07, 6.45) is 0.974. The van der Waals surface area contributed by atoms with Gasteiger partial charge in [-0.15, -0.1) is 0 Å². The van der Waals surface area contributed by atoms with Crippen molar-refractivity contribution in [2.75, 3.05) is 12.9 Å².